The number of sulfonamides is 1. The molecule has 1 heterocycles. The first-order valence-corrected chi connectivity index (χ1v) is 15.8. The molecule has 4 rings (SSSR count). The van der Waals surface area contributed by atoms with Crippen LogP contribution in [0.2, 0.25) is 0 Å². The van der Waals surface area contributed by atoms with E-state index in [0.29, 0.717) is 18.8 Å². The minimum atomic E-state index is -3.87. The summed E-state index contributed by atoms with van der Waals surface area (Å²) in [5.41, 5.74) is 3.90. The largest absolute Gasteiger partial charge is 0.490 e. The Balaban J connectivity index is 1.42. The van der Waals surface area contributed by atoms with Crippen molar-refractivity contribution in [2.24, 2.45) is 0 Å². The van der Waals surface area contributed by atoms with E-state index in [-0.39, 0.29) is 30.4 Å². The number of carbonyl (C=O) groups is 1. The van der Waals surface area contributed by atoms with Crippen molar-refractivity contribution >= 4 is 15.9 Å². The molecule has 4 N–H and O–H groups in total. The van der Waals surface area contributed by atoms with Crippen LogP contribution >= 0.6 is 0 Å². The molecule has 1 atom stereocenters. The van der Waals surface area contributed by atoms with E-state index in [1.165, 1.54) is 0 Å². The molecular formula is C31H39N3O6S. The van der Waals surface area contributed by atoms with Gasteiger partial charge in [0.25, 0.3) is 5.91 Å². The lowest BCUT2D eigenvalue weighted by atomic mass is 9.97. The maximum atomic E-state index is 13.0. The van der Waals surface area contributed by atoms with Crippen LogP contribution in [0.3, 0.4) is 0 Å². The summed E-state index contributed by atoms with van der Waals surface area (Å²) in [6, 6.07) is 17.0. The molecule has 0 spiro atoms. The highest BCUT2D eigenvalue weighted by molar-refractivity contribution is 7.90. The lowest BCUT2D eigenvalue weighted by Gasteiger charge is -2.24. The molecule has 3 aromatic rings. The van der Waals surface area contributed by atoms with Gasteiger partial charge in [0, 0.05) is 31.1 Å². The number of carbonyl (C=O) groups excluding carboxylic acids is 1. The minimum absolute atomic E-state index is 0.0249. The number of ether oxygens (including phenoxy) is 1. The summed E-state index contributed by atoms with van der Waals surface area (Å²) >= 11 is 0. The third kappa shape index (κ3) is 9.36. The molecule has 1 aliphatic carbocycles. The number of aromatic nitrogens is 1. The van der Waals surface area contributed by atoms with Crippen molar-refractivity contribution in [3.8, 4) is 16.9 Å². The first-order chi connectivity index (χ1) is 19.8. The van der Waals surface area contributed by atoms with Crippen molar-refractivity contribution < 1.29 is 28.2 Å². The smallest absolute Gasteiger partial charge is 0.268 e. The number of benzene rings is 2. The zero-order valence-corrected chi connectivity index (χ0v) is 24.0. The lowest BCUT2D eigenvalue weighted by Crippen LogP contribution is -2.33. The number of rotatable bonds is 14. The SMILES string of the molecule is O=C(NS(=O)(=O)CCCO)c1ccc(-c2ccc(CCNC[C@@H](O)c3cccnc3)cc2)cc1OC1CCCCC1. The molecule has 0 unspecified atom stereocenters. The molecule has 0 aliphatic heterocycles. The third-order valence-corrected chi connectivity index (χ3v) is 8.50. The van der Waals surface area contributed by atoms with Gasteiger partial charge in [-0.25, -0.2) is 13.1 Å². The molecule has 0 saturated heterocycles. The fourth-order valence-corrected chi connectivity index (χ4v) is 5.88. The van der Waals surface area contributed by atoms with Crippen LogP contribution in [0.5, 0.6) is 5.75 Å². The van der Waals surface area contributed by atoms with Gasteiger partial charge in [-0.3, -0.25) is 9.78 Å². The number of aliphatic hydroxyl groups excluding tert-OH is 2. The second-order valence-corrected chi connectivity index (χ2v) is 12.2. The molecule has 1 aliphatic rings. The number of aliphatic hydroxyl groups is 2. The van der Waals surface area contributed by atoms with Crippen LogP contribution in [0, 0.1) is 0 Å². The molecule has 2 aromatic carbocycles. The predicted octanol–water partition coefficient (Wildman–Crippen LogP) is 3.77. The summed E-state index contributed by atoms with van der Waals surface area (Å²) in [5.74, 6) is -0.708. The average Bonchev–Trinajstić information content (AvgIpc) is 2.99. The van der Waals surface area contributed by atoms with Crippen LogP contribution < -0.4 is 14.8 Å². The monoisotopic (exact) mass is 581 g/mol. The van der Waals surface area contributed by atoms with E-state index in [9.17, 15) is 18.3 Å². The molecule has 0 bridgehead atoms. The van der Waals surface area contributed by atoms with E-state index in [2.05, 4.69) is 15.0 Å². The van der Waals surface area contributed by atoms with Crippen LogP contribution in [0.4, 0.5) is 0 Å². The van der Waals surface area contributed by atoms with E-state index >= 15 is 0 Å². The fraction of sp³-hybridized carbons (Fsp3) is 0.419. The summed E-state index contributed by atoms with van der Waals surface area (Å²) < 4.78 is 33.0. The van der Waals surface area contributed by atoms with E-state index in [4.69, 9.17) is 9.84 Å². The van der Waals surface area contributed by atoms with Crippen molar-refractivity contribution in [3.05, 3.63) is 83.7 Å². The number of amides is 1. The maximum Gasteiger partial charge on any atom is 0.268 e. The van der Waals surface area contributed by atoms with Crippen LogP contribution in [0.15, 0.2) is 67.0 Å². The normalized spacial score (nSPS) is 14.9. The van der Waals surface area contributed by atoms with Crippen LogP contribution in [0.25, 0.3) is 11.1 Å². The summed E-state index contributed by atoms with van der Waals surface area (Å²) in [6.45, 7) is 0.877. The second kappa shape index (κ2) is 15.1. The molecule has 9 nitrogen and oxygen atoms in total. The Hall–Kier alpha value is -3.31. The van der Waals surface area contributed by atoms with Gasteiger partial charge < -0.3 is 20.3 Å². The summed E-state index contributed by atoms with van der Waals surface area (Å²) in [4.78, 5) is 17.0. The molecule has 1 aromatic heterocycles. The first-order valence-electron chi connectivity index (χ1n) is 14.2. The minimum Gasteiger partial charge on any atom is -0.490 e. The Labute approximate surface area is 242 Å². The Kier molecular flexibility index (Phi) is 11.3. The number of hydrogen-bond donors (Lipinski definition) is 4. The predicted molar refractivity (Wildman–Crippen MR) is 158 cm³/mol. The zero-order chi connectivity index (χ0) is 29.1. The molecule has 41 heavy (non-hydrogen) atoms. The fourth-order valence-electron chi connectivity index (χ4n) is 4.88. The summed E-state index contributed by atoms with van der Waals surface area (Å²) in [7, 11) is -3.87. The molecule has 1 fully saturated rings. The van der Waals surface area contributed by atoms with Crippen LogP contribution in [-0.4, -0.2) is 61.1 Å². The Bertz CT molecular complexity index is 1360. The average molecular weight is 582 g/mol. The second-order valence-electron chi connectivity index (χ2n) is 10.4. The van der Waals surface area contributed by atoms with E-state index in [0.717, 1.165) is 60.8 Å². The van der Waals surface area contributed by atoms with Gasteiger partial charge in [-0.05, 0) is 80.0 Å². The molecule has 0 radical (unpaired) electrons. The van der Waals surface area contributed by atoms with Crippen molar-refractivity contribution in [1.82, 2.24) is 15.0 Å². The van der Waals surface area contributed by atoms with Crippen molar-refractivity contribution in [1.29, 1.82) is 0 Å². The zero-order valence-electron chi connectivity index (χ0n) is 23.2. The van der Waals surface area contributed by atoms with E-state index in [1.807, 2.05) is 30.3 Å². The van der Waals surface area contributed by atoms with Crippen molar-refractivity contribution in [2.45, 2.75) is 57.2 Å². The third-order valence-electron chi connectivity index (χ3n) is 7.18. The molecular weight excluding hydrogens is 542 g/mol. The van der Waals surface area contributed by atoms with Gasteiger partial charge in [0.1, 0.15) is 5.75 Å². The summed E-state index contributed by atoms with van der Waals surface area (Å²) in [5, 5.41) is 22.5. The Morgan fingerprint density at radius 1 is 1.05 bits per heavy atom. The van der Waals surface area contributed by atoms with Gasteiger partial charge in [0.15, 0.2) is 0 Å². The molecule has 10 heteroatoms. The highest BCUT2D eigenvalue weighted by atomic mass is 32.2. The first kappa shape index (κ1) is 30.6. The van der Waals surface area contributed by atoms with Crippen molar-refractivity contribution in [3.63, 3.8) is 0 Å². The van der Waals surface area contributed by atoms with Crippen LogP contribution in [0.1, 0.15) is 66.1 Å². The van der Waals surface area contributed by atoms with Gasteiger partial charge >= 0.3 is 0 Å². The molecule has 220 valence electrons. The standard InChI is InChI=1S/C31H39N3O6S/c35-18-5-19-41(38,39)34-31(37)28-14-13-25(20-30(28)40-27-7-2-1-3-8-27)24-11-9-23(10-12-24)15-17-33-22-29(36)26-6-4-16-32-21-26/h4,6,9-14,16,20-21,27,29,33,35-36H,1-3,5,7-8,15,17-19,22H2,(H,34,37)/t29-/m1/s1. The van der Waals surface area contributed by atoms with Gasteiger partial charge in [-0.15, -0.1) is 0 Å². The van der Waals surface area contributed by atoms with E-state index in [1.54, 1.807) is 36.7 Å². The summed E-state index contributed by atoms with van der Waals surface area (Å²) in [6.07, 6.45) is 8.60. The van der Waals surface area contributed by atoms with Gasteiger partial charge in [-0.1, -0.05) is 42.8 Å². The lowest BCUT2D eigenvalue weighted by molar-refractivity contribution is 0.0969. The van der Waals surface area contributed by atoms with E-state index < -0.39 is 22.0 Å². The van der Waals surface area contributed by atoms with Gasteiger partial charge in [-0.2, -0.15) is 0 Å². The molecule has 1 amide bonds. The number of hydrogen-bond acceptors (Lipinski definition) is 8. The molecule has 1 saturated carbocycles. The highest BCUT2D eigenvalue weighted by Gasteiger charge is 2.23. The van der Waals surface area contributed by atoms with Crippen LogP contribution in [-0.2, 0) is 16.4 Å². The quantitative estimate of drug-likeness (QED) is 0.211. The Morgan fingerprint density at radius 2 is 1.80 bits per heavy atom. The van der Waals surface area contributed by atoms with Crippen molar-refractivity contribution in [2.75, 3.05) is 25.4 Å². The van der Waals surface area contributed by atoms with Gasteiger partial charge in [0.05, 0.1) is 23.5 Å². The number of nitrogens with zero attached hydrogens (tertiary/aromatic N) is 1. The maximum absolute atomic E-state index is 13.0. The highest BCUT2D eigenvalue weighted by Crippen LogP contribution is 2.31. The van der Waals surface area contributed by atoms with Gasteiger partial charge in [0.2, 0.25) is 10.0 Å². The number of pyridine rings is 1. The Morgan fingerprint density at radius 3 is 2.51 bits per heavy atom. The topological polar surface area (TPSA) is 138 Å². The number of nitrogens with one attached hydrogen (secondary N) is 2.